The Morgan fingerprint density at radius 1 is 1.27 bits per heavy atom. The van der Waals surface area contributed by atoms with Crippen molar-refractivity contribution in [2.45, 2.75) is 18.9 Å². The molecule has 1 aliphatic rings. The second kappa shape index (κ2) is 7.54. The fourth-order valence-electron chi connectivity index (χ4n) is 2.45. The number of amides is 1. The lowest BCUT2D eigenvalue weighted by molar-refractivity contribution is -0.117. The van der Waals surface area contributed by atoms with Crippen molar-refractivity contribution in [2.24, 2.45) is 0 Å². The van der Waals surface area contributed by atoms with E-state index in [-0.39, 0.29) is 11.9 Å². The van der Waals surface area contributed by atoms with Crippen LogP contribution in [0.1, 0.15) is 12.8 Å². The van der Waals surface area contributed by atoms with Crippen molar-refractivity contribution in [1.29, 1.82) is 0 Å². The van der Waals surface area contributed by atoms with E-state index >= 15 is 0 Å². The minimum Gasteiger partial charge on any atom is -0.325 e. The minimum absolute atomic E-state index is 0.0271. The molecule has 0 atom stereocenters. The van der Waals surface area contributed by atoms with Crippen LogP contribution < -0.4 is 10.0 Å². The monoisotopic (exact) mass is 389 g/mol. The first kappa shape index (κ1) is 17.4. The van der Waals surface area contributed by atoms with E-state index in [0.29, 0.717) is 19.6 Å². The van der Waals surface area contributed by atoms with Crippen LogP contribution in [0, 0.1) is 0 Å². The van der Waals surface area contributed by atoms with Gasteiger partial charge in [-0.05, 0) is 37.1 Å². The van der Waals surface area contributed by atoms with Gasteiger partial charge in [0.15, 0.2) is 0 Å². The van der Waals surface area contributed by atoms with Crippen LogP contribution in [-0.2, 0) is 14.8 Å². The first-order valence-corrected chi connectivity index (χ1v) is 9.75. The van der Waals surface area contributed by atoms with Gasteiger partial charge >= 0.3 is 0 Å². The van der Waals surface area contributed by atoms with Gasteiger partial charge < -0.3 is 5.32 Å². The summed E-state index contributed by atoms with van der Waals surface area (Å²) in [6, 6.07) is 7.39. The van der Waals surface area contributed by atoms with Crippen molar-refractivity contribution in [2.75, 3.05) is 31.2 Å². The highest BCUT2D eigenvalue weighted by atomic mass is 79.9. The number of rotatable bonds is 5. The zero-order chi connectivity index (χ0) is 16.2. The molecule has 8 heteroatoms. The Morgan fingerprint density at radius 3 is 2.41 bits per heavy atom. The summed E-state index contributed by atoms with van der Waals surface area (Å²) >= 11 is 3.35. The van der Waals surface area contributed by atoms with E-state index in [1.54, 1.807) is 0 Å². The molecule has 1 aliphatic heterocycles. The number of sulfonamides is 1. The molecule has 1 heterocycles. The molecule has 1 fully saturated rings. The number of hydrogen-bond donors (Lipinski definition) is 2. The molecule has 1 amide bonds. The quantitative estimate of drug-likeness (QED) is 0.797. The van der Waals surface area contributed by atoms with E-state index in [9.17, 15) is 13.2 Å². The highest BCUT2D eigenvalue weighted by Crippen LogP contribution is 2.15. The van der Waals surface area contributed by atoms with E-state index in [0.717, 1.165) is 23.0 Å². The predicted octanol–water partition coefficient (Wildman–Crippen LogP) is 1.40. The molecule has 0 aromatic heterocycles. The molecule has 0 aliphatic carbocycles. The summed E-state index contributed by atoms with van der Waals surface area (Å²) in [6.45, 7) is 1.74. The van der Waals surface area contributed by atoms with Gasteiger partial charge in [0.1, 0.15) is 0 Å². The number of anilines is 1. The highest BCUT2D eigenvalue weighted by Gasteiger charge is 2.22. The molecular weight excluding hydrogens is 370 g/mol. The molecule has 1 saturated heterocycles. The average Bonchev–Trinajstić information content (AvgIpc) is 2.42. The van der Waals surface area contributed by atoms with Crippen molar-refractivity contribution < 1.29 is 13.2 Å². The number of halogens is 1. The van der Waals surface area contributed by atoms with Gasteiger partial charge in [0, 0.05) is 29.3 Å². The van der Waals surface area contributed by atoms with Gasteiger partial charge in [-0.3, -0.25) is 9.69 Å². The van der Waals surface area contributed by atoms with Gasteiger partial charge in [0.2, 0.25) is 15.9 Å². The maximum atomic E-state index is 12.0. The van der Waals surface area contributed by atoms with Crippen LogP contribution in [0.4, 0.5) is 5.69 Å². The Bertz CT molecular complexity index is 611. The van der Waals surface area contributed by atoms with Crippen LogP contribution >= 0.6 is 15.9 Å². The zero-order valence-electron chi connectivity index (χ0n) is 12.4. The number of hydrogen-bond acceptors (Lipinski definition) is 4. The summed E-state index contributed by atoms with van der Waals surface area (Å²) < 4.78 is 26.0. The number of piperidine rings is 1. The van der Waals surface area contributed by atoms with E-state index < -0.39 is 10.0 Å². The van der Waals surface area contributed by atoms with Crippen LogP contribution in [-0.4, -0.2) is 51.2 Å². The lowest BCUT2D eigenvalue weighted by Crippen LogP contribution is -2.46. The van der Waals surface area contributed by atoms with Gasteiger partial charge in [-0.1, -0.05) is 15.9 Å². The fourth-order valence-corrected chi connectivity index (χ4v) is 3.55. The Hall–Kier alpha value is -0.960. The first-order chi connectivity index (χ1) is 10.3. The number of carbonyl (C=O) groups is 1. The summed E-state index contributed by atoms with van der Waals surface area (Å²) in [6.07, 6.45) is 2.61. The van der Waals surface area contributed by atoms with Gasteiger partial charge in [0.25, 0.3) is 0 Å². The molecule has 0 saturated carbocycles. The van der Waals surface area contributed by atoms with Crippen LogP contribution in [0.25, 0.3) is 0 Å². The highest BCUT2D eigenvalue weighted by molar-refractivity contribution is 9.10. The third-order valence-electron chi connectivity index (χ3n) is 3.46. The normalized spacial score (nSPS) is 17.4. The van der Waals surface area contributed by atoms with Gasteiger partial charge in [-0.25, -0.2) is 13.1 Å². The molecule has 6 nitrogen and oxygen atoms in total. The number of nitrogens with zero attached hydrogens (tertiary/aromatic N) is 1. The van der Waals surface area contributed by atoms with E-state index in [2.05, 4.69) is 26.0 Å². The predicted molar refractivity (Wildman–Crippen MR) is 90.2 cm³/mol. The lowest BCUT2D eigenvalue weighted by Gasteiger charge is -2.31. The van der Waals surface area contributed by atoms with Crippen molar-refractivity contribution >= 4 is 37.5 Å². The van der Waals surface area contributed by atoms with Crippen LogP contribution in [0.15, 0.2) is 28.7 Å². The number of nitrogens with one attached hydrogen (secondary N) is 2. The summed E-state index contributed by atoms with van der Waals surface area (Å²) in [5, 5.41) is 2.85. The second-order valence-electron chi connectivity index (χ2n) is 5.50. The van der Waals surface area contributed by atoms with E-state index in [1.807, 2.05) is 29.2 Å². The fraction of sp³-hybridized carbons (Fsp3) is 0.500. The van der Waals surface area contributed by atoms with Crippen molar-refractivity contribution in [1.82, 2.24) is 9.62 Å². The van der Waals surface area contributed by atoms with Gasteiger partial charge in [-0.15, -0.1) is 0 Å². The Labute approximate surface area is 139 Å². The number of benzene rings is 1. The summed E-state index contributed by atoms with van der Waals surface area (Å²) in [5.41, 5.74) is 0.766. The van der Waals surface area contributed by atoms with Crippen LogP contribution in [0.2, 0.25) is 0 Å². The maximum absolute atomic E-state index is 12.0. The third kappa shape index (κ3) is 6.04. The van der Waals surface area contributed by atoms with Crippen molar-refractivity contribution in [3.63, 3.8) is 0 Å². The molecule has 22 heavy (non-hydrogen) atoms. The molecule has 2 rings (SSSR count). The Morgan fingerprint density at radius 2 is 1.86 bits per heavy atom. The summed E-state index contributed by atoms with van der Waals surface area (Å²) in [5.74, 6) is -0.0585. The van der Waals surface area contributed by atoms with Crippen LogP contribution in [0.5, 0.6) is 0 Å². The Balaban J connectivity index is 1.76. The lowest BCUT2D eigenvalue weighted by atomic mass is 10.1. The molecule has 122 valence electrons. The SMILES string of the molecule is CS(=O)(=O)NC1CCN(CC(=O)Nc2ccc(Br)cc2)CC1. The molecule has 0 radical (unpaired) electrons. The largest absolute Gasteiger partial charge is 0.325 e. The van der Waals surface area contributed by atoms with Crippen molar-refractivity contribution in [3.05, 3.63) is 28.7 Å². The molecule has 1 aromatic rings. The number of likely N-dealkylation sites (tertiary alicyclic amines) is 1. The molecular formula is C14H20BrN3O3S. The average molecular weight is 390 g/mol. The molecule has 1 aromatic carbocycles. The topological polar surface area (TPSA) is 78.5 Å². The standard InChI is InChI=1S/C14H20BrN3O3S/c1-22(20,21)17-13-6-8-18(9-7-13)10-14(19)16-12-4-2-11(15)3-5-12/h2-5,13,17H,6-10H2,1H3,(H,16,19). The van der Waals surface area contributed by atoms with Gasteiger partial charge in [0.05, 0.1) is 12.8 Å². The maximum Gasteiger partial charge on any atom is 0.238 e. The molecule has 2 N–H and O–H groups in total. The third-order valence-corrected chi connectivity index (χ3v) is 4.75. The molecule has 0 unspecified atom stereocenters. The summed E-state index contributed by atoms with van der Waals surface area (Å²) in [7, 11) is -3.16. The molecule has 0 bridgehead atoms. The minimum atomic E-state index is -3.16. The van der Waals surface area contributed by atoms with E-state index in [4.69, 9.17) is 0 Å². The van der Waals surface area contributed by atoms with Gasteiger partial charge in [-0.2, -0.15) is 0 Å². The first-order valence-electron chi connectivity index (χ1n) is 7.07. The van der Waals surface area contributed by atoms with E-state index in [1.165, 1.54) is 6.26 Å². The van der Waals surface area contributed by atoms with Crippen molar-refractivity contribution in [3.8, 4) is 0 Å². The smallest absolute Gasteiger partial charge is 0.238 e. The number of carbonyl (C=O) groups excluding carboxylic acids is 1. The second-order valence-corrected chi connectivity index (χ2v) is 8.19. The Kier molecular flexibility index (Phi) is 5.96. The molecule has 0 spiro atoms. The zero-order valence-corrected chi connectivity index (χ0v) is 14.8. The van der Waals surface area contributed by atoms with Crippen LogP contribution in [0.3, 0.4) is 0 Å². The summed E-state index contributed by atoms with van der Waals surface area (Å²) in [4.78, 5) is 14.0.